The molecule has 13 nitrogen and oxygen atoms in total. The van der Waals surface area contributed by atoms with Gasteiger partial charge in [-0.2, -0.15) is 14.9 Å². The van der Waals surface area contributed by atoms with Crippen molar-refractivity contribution in [3.05, 3.63) is 46.6 Å². The highest BCUT2D eigenvalue weighted by atomic mass is 16.3. The van der Waals surface area contributed by atoms with E-state index in [0.717, 1.165) is 6.42 Å². The fourth-order valence-electron chi connectivity index (χ4n) is 4.54. The molecular weight excluding hydrogens is 428 g/mol. The van der Waals surface area contributed by atoms with Gasteiger partial charge in [-0.15, -0.1) is 10.2 Å². The van der Waals surface area contributed by atoms with Crippen LogP contribution in [-0.2, 0) is 11.8 Å². The molecule has 5 heterocycles. The number of aliphatic hydroxyl groups is 1. The molecule has 0 aromatic carbocycles. The Bertz CT molecular complexity index is 1190. The third-order valence-corrected chi connectivity index (χ3v) is 6.58. The lowest BCUT2D eigenvalue weighted by Gasteiger charge is -2.38. The van der Waals surface area contributed by atoms with Gasteiger partial charge in [0.15, 0.2) is 11.6 Å². The number of hydrogen-bond acceptors (Lipinski definition) is 10. The topological polar surface area (TPSA) is 148 Å². The molecule has 2 saturated heterocycles. The minimum Gasteiger partial charge on any atom is -0.385 e. The zero-order valence-corrected chi connectivity index (χ0v) is 18.1. The Hall–Kier alpha value is -3.58. The average Bonchev–Trinajstić information content (AvgIpc) is 3.47. The molecule has 0 saturated carbocycles. The Morgan fingerprint density at radius 1 is 1.03 bits per heavy atom. The molecule has 1 spiro atoms. The van der Waals surface area contributed by atoms with Gasteiger partial charge in [0, 0.05) is 26.2 Å². The van der Waals surface area contributed by atoms with Gasteiger partial charge < -0.3 is 10.0 Å². The summed E-state index contributed by atoms with van der Waals surface area (Å²) < 4.78 is 2.63. The first-order valence-corrected chi connectivity index (χ1v) is 10.8. The standard InChI is InChI=1S/C20H24N10O3/c1-27-18(32)5-4-17(24-27)29-11-8-20(19(29)33)6-9-28(10-7-20)12-15(31)14-2-3-16(23-22-14)30-13-21-25-26-30/h2-5,13,15,31H,6-12H2,1H3/t15-/m0/s1. The quantitative estimate of drug-likeness (QED) is 0.516. The predicted molar refractivity (Wildman–Crippen MR) is 114 cm³/mol. The molecular formula is C20H24N10O3. The first-order valence-electron chi connectivity index (χ1n) is 10.8. The summed E-state index contributed by atoms with van der Waals surface area (Å²) in [7, 11) is 1.58. The Kier molecular flexibility index (Phi) is 5.42. The van der Waals surface area contributed by atoms with Crippen LogP contribution in [0.4, 0.5) is 5.82 Å². The summed E-state index contributed by atoms with van der Waals surface area (Å²) in [6.07, 6.45) is 2.82. The number of aliphatic hydroxyl groups excluding tert-OH is 1. The van der Waals surface area contributed by atoms with Crippen molar-refractivity contribution in [2.45, 2.75) is 25.4 Å². The fraction of sp³-hybridized carbons (Fsp3) is 0.500. The van der Waals surface area contributed by atoms with Crippen LogP contribution in [0.5, 0.6) is 0 Å². The van der Waals surface area contributed by atoms with Crippen molar-refractivity contribution < 1.29 is 9.90 Å². The van der Waals surface area contributed by atoms with Gasteiger partial charge in [-0.05, 0) is 61.0 Å². The van der Waals surface area contributed by atoms with Gasteiger partial charge in [-0.25, -0.2) is 4.68 Å². The lowest BCUT2D eigenvalue weighted by atomic mass is 9.77. The van der Waals surface area contributed by atoms with Crippen molar-refractivity contribution in [1.82, 2.24) is 45.1 Å². The van der Waals surface area contributed by atoms with Gasteiger partial charge in [0.2, 0.25) is 5.91 Å². The minimum absolute atomic E-state index is 0.0675. The third-order valence-electron chi connectivity index (χ3n) is 6.58. The van der Waals surface area contributed by atoms with Gasteiger partial charge in [0.1, 0.15) is 12.4 Å². The largest absolute Gasteiger partial charge is 0.385 e. The number of β-amino-alcohol motifs (C(OH)–C–C–N with tert-alkyl or cyclic N) is 1. The number of carbonyl (C=O) groups is 1. The maximum Gasteiger partial charge on any atom is 0.266 e. The Labute approximate surface area is 188 Å². The highest BCUT2D eigenvalue weighted by Crippen LogP contribution is 2.42. The molecule has 0 unspecified atom stereocenters. The fourth-order valence-corrected chi connectivity index (χ4v) is 4.54. The van der Waals surface area contributed by atoms with Crippen molar-refractivity contribution in [2.75, 3.05) is 31.1 Å². The summed E-state index contributed by atoms with van der Waals surface area (Å²) in [5.41, 5.74) is -0.150. The van der Waals surface area contributed by atoms with Gasteiger partial charge in [-0.1, -0.05) is 0 Å². The van der Waals surface area contributed by atoms with Crippen molar-refractivity contribution in [3.8, 4) is 5.82 Å². The molecule has 172 valence electrons. The van der Waals surface area contributed by atoms with E-state index in [-0.39, 0.29) is 11.5 Å². The van der Waals surface area contributed by atoms with Crippen molar-refractivity contribution in [3.63, 3.8) is 0 Å². The summed E-state index contributed by atoms with van der Waals surface area (Å²) in [5, 5.41) is 33.9. The van der Waals surface area contributed by atoms with E-state index >= 15 is 0 Å². The normalized spacial score (nSPS) is 19.3. The number of likely N-dealkylation sites (tertiary alicyclic amines) is 1. The van der Waals surface area contributed by atoms with Crippen LogP contribution >= 0.6 is 0 Å². The number of hydrogen-bond donors (Lipinski definition) is 1. The Morgan fingerprint density at radius 3 is 2.45 bits per heavy atom. The summed E-state index contributed by atoms with van der Waals surface area (Å²) in [5.74, 6) is 1.05. The maximum absolute atomic E-state index is 13.3. The second-order valence-corrected chi connectivity index (χ2v) is 8.53. The van der Waals surface area contributed by atoms with E-state index in [2.05, 4.69) is 35.7 Å². The van der Waals surface area contributed by atoms with Crippen LogP contribution in [0.3, 0.4) is 0 Å². The number of piperidine rings is 1. The van der Waals surface area contributed by atoms with Crippen LogP contribution in [0.15, 0.2) is 35.4 Å². The smallest absolute Gasteiger partial charge is 0.266 e. The number of carbonyl (C=O) groups excluding carboxylic acids is 1. The molecule has 1 N–H and O–H groups in total. The number of anilines is 1. The number of aromatic nitrogens is 8. The molecule has 3 aromatic heterocycles. The number of amides is 1. The van der Waals surface area contributed by atoms with E-state index in [4.69, 9.17) is 0 Å². The van der Waals surface area contributed by atoms with Crippen LogP contribution < -0.4 is 10.5 Å². The molecule has 2 fully saturated rings. The molecule has 0 radical (unpaired) electrons. The summed E-state index contributed by atoms with van der Waals surface area (Å²) in [6, 6.07) is 6.45. The van der Waals surface area contributed by atoms with E-state index in [9.17, 15) is 14.7 Å². The molecule has 0 bridgehead atoms. The highest BCUT2D eigenvalue weighted by molar-refractivity contribution is 5.99. The molecule has 0 aliphatic carbocycles. The summed E-state index contributed by atoms with van der Waals surface area (Å²) in [4.78, 5) is 28.7. The molecule has 2 aliphatic heterocycles. The van der Waals surface area contributed by atoms with E-state index in [1.165, 1.54) is 21.8 Å². The second-order valence-electron chi connectivity index (χ2n) is 8.53. The number of tetrazole rings is 1. The Balaban J connectivity index is 1.19. The van der Waals surface area contributed by atoms with Crippen molar-refractivity contribution in [1.29, 1.82) is 0 Å². The van der Waals surface area contributed by atoms with Gasteiger partial charge >= 0.3 is 0 Å². The first kappa shape index (κ1) is 21.3. The SMILES string of the molecule is Cn1nc(N2CCC3(CCN(C[C@H](O)c4ccc(-n5cnnn5)nn4)CC3)C2=O)ccc1=O. The van der Waals surface area contributed by atoms with E-state index in [1.807, 2.05) is 0 Å². The van der Waals surface area contributed by atoms with Crippen molar-refractivity contribution in [2.24, 2.45) is 12.5 Å². The van der Waals surface area contributed by atoms with Crippen LogP contribution in [0.2, 0.25) is 0 Å². The molecule has 5 rings (SSSR count). The number of nitrogens with zero attached hydrogens (tertiary/aromatic N) is 10. The number of rotatable bonds is 5. The summed E-state index contributed by atoms with van der Waals surface area (Å²) >= 11 is 0. The van der Waals surface area contributed by atoms with Crippen LogP contribution in [0.25, 0.3) is 5.82 Å². The summed E-state index contributed by atoms with van der Waals surface area (Å²) in [6.45, 7) is 2.41. The molecule has 33 heavy (non-hydrogen) atoms. The third kappa shape index (κ3) is 4.00. The van der Waals surface area contributed by atoms with Crippen LogP contribution in [-0.4, -0.2) is 82.3 Å². The lowest BCUT2D eigenvalue weighted by Crippen LogP contribution is -2.46. The van der Waals surface area contributed by atoms with E-state index < -0.39 is 11.5 Å². The van der Waals surface area contributed by atoms with Gasteiger partial charge in [0.25, 0.3) is 5.56 Å². The first-order chi connectivity index (χ1) is 15.9. The van der Waals surface area contributed by atoms with E-state index in [0.29, 0.717) is 56.4 Å². The minimum atomic E-state index is -0.792. The molecule has 1 atom stereocenters. The van der Waals surface area contributed by atoms with Gasteiger partial charge in [0.05, 0.1) is 11.1 Å². The number of aryl methyl sites for hydroxylation is 1. The monoisotopic (exact) mass is 452 g/mol. The molecule has 13 heteroatoms. The lowest BCUT2D eigenvalue weighted by molar-refractivity contribution is -0.128. The maximum atomic E-state index is 13.3. The highest BCUT2D eigenvalue weighted by Gasteiger charge is 2.49. The molecule has 2 aliphatic rings. The van der Waals surface area contributed by atoms with Crippen LogP contribution in [0.1, 0.15) is 31.1 Å². The van der Waals surface area contributed by atoms with Crippen molar-refractivity contribution >= 4 is 11.7 Å². The Morgan fingerprint density at radius 2 is 1.79 bits per heavy atom. The zero-order valence-electron chi connectivity index (χ0n) is 18.1. The molecule has 3 aromatic rings. The van der Waals surface area contributed by atoms with E-state index in [1.54, 1.807) is 30.1 Å². The predicted octanol–water partition coefficient (Wildman–Crippen LogP) is -0.901. The molecule has 1 amide bonds. The van der Waals surface area contributed by atoms with Gasteiger partial charge in [-0.3, -0.25) is 14.5 Å². The second kappa shape index (κ2) is 8.41. The average molecular weight is 452 g/mol. The zero-order chi connectivity index (χ0) is 23.0. The van der Waals surface area contributed by atoms with Crippen LogP contribution in [0, 0.1) is 5.41 Å².